The fraction of sp³-hybridized carbons (Fsp3) is 0.364. The van der Waals surface area contributed by atoms with Crippen molar-refractivity contribution >= 4 is 22.7 Å². The van der Waals surface area contributed by atoms with Gasteiger partial charge in [-0.3, -0.25) is 4.79 Å². The molecule has 1 amide bonds. The van der Waals surface area contributed by atoms with E-state index in [0.717, 1.165) is 42.2 Å². The third-order valence-electron chi connectivity index (χ3n) is 5.40. The number of ether oxygens (including phenoxy) is 2. The van der Waals surface area contributed by atoms with E-state index in [4.69, 9.17) is 14.0 Å². The molecule has 146 valence electrons. The van der Waals surface area contributed by atoms with Crippen LogP contribution in [0.5, 0.6) is 11.5 Å². The average molecular weight is 380 g/mol. The summed E-state index contributed by atoms with van der Waals surface area (Å²) in [5, 5.41) is 7.83. The summed E-state index contributed by atoms with van der Waals surface area (Å²) >= 11 is 0. The van der Waals surface area contributed by atoms with Crippen LogP contribution in [0.2, 0.25) is 0 Å². The van der Waals surface area contributed by atoms with Gasteiger partial charge in [0, 0.05) is 5.92 Å². The molecule has 1 aromatic heterocycles. The lowest BCUT2D eigenvalue weighted by atomic mass is 9.88. The highest BCUT2D eigenvalue weighted by Crippen LogP contribution is 2.35. The summed E-state index contributed by atoms with van der Waals surface area (Å²) in [7, 11) is 3.23. The highest BCUT2D eigenvalue weighted by molar-refractivity contribution is 6.01. The molecule has 0 unspecified atom stereocenters. The number of hydrogen-bond donors (Lipinski definition) is 1. The zero-order valence-corrected chi connectivity index (χ0v) is 16.2. The van der Waals surface area contributed by atoms with Crippen molar-refractivity contribution in [2.24, 2.45) is 5.92 Å². The van der Waals surface area contributed by atoms with Gasteiger partial charge in [-0.1, -0.05) is 36.6 Å². The molecular weight excluding hydrogens is 356 g/mol. The van der Waals surface area contributed by atoms with Crippen LogP contribution in [0.25, 0.3) is 22.1 Å². The van der Waals surface area contributed by atoms with Crippen molar-refractivity contribution in [3.8, 4) is 22.6 Å². The van der Waals surface area contributed by atoms with Crippen LogP contribution < -0.4 is 14.8 Å². The van der Waals surface area contributed by atoms with Crippen molar-refractivity contribution in [1.29, 1.82) is 0 Å². The molecule has 28 heavy (non-hydrogen) atoms. The Morgan fingerprint density at radius 1 is 1.00 bits per heavy atom. The Bertz CT molecular complexity index is 989. The highest BCUT2D eigenvalue weighted by Gasteiger charge is 2.23. The van der Waals surface area contributed by atoms with E-state index in [-0.39, 0.29) is 11.8 Å². The SMILES string of the molecule is COc1ccc(-c2ccc3onc(NC(=O)C4CCCCC4)c3c2)cc1OC. The number of methoxy groups -OCH3 is 2. The van der Waals surface area contributed by atoms with E-state index in [9.17, 15) is 4.79 Å². The fourth-order valence-corrected chi connectivity index (χ4v) is 3.81. The van der Waals surface area contributed by atoms with Gasteiger partial charge in [-0.2, -0.15) is 0 Å². The molecular formula is C22H24N2O4. The average Bonchev–Trinajstić information content (AvgIpc) is 3.15. The molecule has 0 radical (unpaired) electrons. The molecule has 4 rings (SSSR count). The lowest BCUT2D eigenvalue weighted by molar-refractivity contribution is -0.120. The van der Waals surface area contributed by atoms with Crippen LogP contribution in [0, 0.1) is 5.92 Å². The molecule has 1 saturated carbocycles. The second-order valence-electron chi connectivity index (χ2n) is 7.14. The predicted octanol–water partition coefficient (Wildman–Crippen LogP) is 5.03. The van der Waals surface area contributed by atoms with Crippen molar-refractivity contribution in [1.82, 2.24) is 5.16 Å². The van der Waals surface area contributed by atoms with Crippen LogP contribution in [-0.4, -0.2) is 25.3 Å². The largest absolute Gasteiger partial charge is 0.493 e. The number of benzene rings is 2. The van der Waals surface area contributed by atoms with Crippen molar-refractivity contribution in [2.75, 3.05) is 19.5 Å². The number of carbonyl (C=O) groups excluding carboxylic acids is 1. The molecule has 6 nitrogen and oxygen atoms in total. The van der Waals surface area contributed by atoms with Crippen LogP contribution in [0.15, 0.2) is 40.9 Å². The van der Waals surface area contributed by atoms with Gasteiger partial charge in [0.15, 0.2) is 22.9 Å². The van der Waals surface area contributed by atoms with Gasteiger partial charge in [-0.15, -0.1) is 0 Å². The molecule has 1 N–H and O–H groups in total. The minimum absolute atomic E-state index is 0.0337. The lowest BCUT2D eigenvalue weighted by Gasteiger charge is -2.20. The number of rotatable bonds is 5. The lowest BCUT2D eigenvalue weighted by Crippen LogP contribution is -2.24. The van der Waals surface area contributed by atoms with Crippen LogP contribution in [0.1, 0.15) is 32.1 Å². The van der Waals surface area contributed by atoms with Gasteiger partial charge in [-0.05, 0) is 48.2 Å². The summed E-state index contributed by atoms with van der Waals surface area (Å²) in [6.07, 6.45) is 5.32. The first-order valence-electron chi connectivity index (χ1n) is 9.62. The van der Waals surface area contributed by atoms with Crippen LogP contribution in [0.3, 0.4) is 0 Å². The third-order valence-corrected chi connectivity index (χ3v) is 5.40. The fourth-order valence-electron chi connectivity index (χ4n) is 3.81. The van der Waals surface area contributed by atoms with Crippen LogP contribution in [-0.2, 0) is 4.79 Å². The van der Waals surface area contributed by atoms with Gasteiger partial charge < -0.3 is 19.3 Å². The normalized spacial score (nSPS) is 14.8. The Hall–Kier alpha value is -3.02. The summed E-state index contributed by atoms with van der Waals surface area (Å²) in [6.45, 7) is 0. The molecule has 0 saturated heterocycles. The molecule has 0 spiro atoms. The maximum Gasteiger partial charge on any atom is 0.228 e. The number of nitrogens with one attached hydrogen (secondary N) is 1. The van der Waals surface area contributed by atoms with Gasteiger partial charge in [0.05, 0.1) is 19.6 Å². The quantitative estimate of drug-likeness (QED) is 0.672. The monoisotopic (exact) mass is 380 g/mol. The molecule has 0 aliphatic heterocycles. The molecule has 6 heteroatoms. The van der Waals surface area contributed by atoms with E-state index in [1.807, 2.05) is 36.4 Å². The zero-order chi connectivity index (χ0) is 19.5. The number of carbonyl (C=O) groups is 1. The molecule has 1 aliphatic rings. The van der Waals surface area contributed by atoms with E-state index in [1.165, 1.54) is 6.42 Å². The first-order valence-corrected chi connectivity index (χ1v) is 9.62. The Balaban J connectivity index is 1.63. The Morgan fingerprint density at radius 3 is 2.46 bits per heavy atom. The van der Waals surface area contributed by atoms with E-state index >= 15 is 0 Å². The maximum atomic E-state index is 12.6. The minimum atomic E-state index is 0.0337. The van der Waals surface area contributed by atoms with E-state index < -0.39 is 0 Å². The molecule has 1 aliphatic carbocycles. The topological polar surface area (TPSA) is 73.6 Å². The Morgan fingerprint density at radius 2 is 1.71 bits per heavy atom. The van der Waals surface area contributed by atoms with Gasteiger partial charge in [-0.25, -0.2) is 0 Å². The second-order valence-corrected chi connectivity index (χ2v) is 7.14. The van der Waals surface area contributed by atoms with Gasteiger partial charge in [0.2, 0.25) is 5.91 Å². The standard InChI is InChI=1S/C22H24N2O4/c1-26-19-11-9-16(13-20(19)27-2)15-8-10-18-17(12-15)21(24-28-18)23-22(25)14-6-4-3-5-7-14/h8-14H,3-7H2,1-2H3,(H,23,24,25). The maximum absolute atomic E-state index is 12.6. The third kappa shape index (κ3) is 3.54. The van der Waals surface area contributed by atoms with Gasteiger partial charge in [0.25, 0.3) is 0 Å². The van der Waals surface area contributed by atoms with Gasteiger partial charge >= 0.3 is 0 Å². The molecule has 1 heterocycles. The van der Waals surface area contributed by atoms with E-state index in [2.05, 4.69) is 10.5 Å². The summed E-state index contributed by atoms with van der Waals surface area (Å²) < 4.78 is 16.1. The highest BCUT2D eigenvalue weighted by atomic mass is 16.5. The first-order chi connectivity index (χ1) is 13.7. The Kier molecular flexibility index (Phi) is 5.19. The summed E-state index contributed by atoms with van der Waals surface area (Å²) in [6, 6.07) is 11.6. The number of nitrogens with zero attached hydrogens (tertiary/aromatic N) is 1. The molecule has 0 bridgehead atoms. The van der Waals surface area contributed by atoms with Crippen molar-refractivity contribution < 1.29 is 18.8 Å². The minimum Gasteiger partial charge on any atom is -0.493 e. The summed E-state index contributed by atoms with van der Waals surface area (Å²) in [5.74, 6) is 1.92. The number of amides is 1. The predicted molar refractivity (Wildman–Crippen MR) is 108 cm³/mol. The molecule has 3 aromatic rings. The van der Waals surface area contributed by atoms with E-state index in [0.29, 0.717) is 22.9 Å². The first kappa shape index (κ1) is 18.3. The summed E-state index contributed by atoms with van der Waals surface area (Å²) in [4.78, 5) is 12.6. The molecule has 0 atom stereocenters. The van der Waals surface area contributed by atoms with Crippen LogP contribution in [0.4, 0.5) is 5.82 Å². The Labute approximate surface area is 163 Å². The second kappa shape index (κ2) is 7.92. The molecule has 1 fully saturated rings. The number of hydrogen-bond acceptors (Lipinski definition) is 5. The van der Waals surface area contributed by atoms with E-state index in [1.54, 1.807) is 14.2 Å². The zero-order valence-electron chi connectivity index (χ0n) is 16.2. The smallest absolute Gasteiger partial charge is 0.228 e. The summed E-state index contributed by atoms with van der Waals surface area (Å²) in [5.41, 5.74) is 2.60. The van der Waals surface area contributed by atoms with Gasteiger partial charge in [0.1, 0.15) is 0 Å². The number of fused-ring (bicyclic) bond motifs is 1. The molecule has 2 aromatic carbocycles. The van der Waals surface area contributed by atoms with Crippen LogP contribution >= 0.6 is 0 Å². The van der Waals surface area contributed by atoms with Crippen molar-refractivity contribution in [2.45, 2.75) is 32.1 Å². The number of aromatic nitrogens is 1. The van der Waals surface area contributed by atoms with Crippen molar-refractivity contribution in [3.63, 3.8) is 0 Å². The van der Waals surface area contributed by atoms with Crippen molar-refractivity contribution in [3.05, 3.63) is 36.4 Å². The number of anilines is 1.